The van der Waals surface area contributed by atoms with Crippen molar-refractivity contribution in [2.45, 2.75) is 51.1 Å². The predicted octanol–water partition coefficient (Wildman–Crippen LogP) is 1.40. The molecule has 0 aromatic carbocycles. The summed E-state index contributed by atoms with van der Waals surface area (Å²) in [5.41, 5.74) is 1.42. The average Bonchev–Trinajstić information content (AvgIpc) is 3.21. The molecular formula is C17H22N4O4S. The number of hydrogen-bond acceptors (Lipinski definition) is 5. The van der Waals surface area contributed by atoms with Gasteiger partial charge in [0, 0.05) is 0 Å². The van der Waals surface area contributed by atoms with Crippen molar-refractivity contribution >= 4 is 35.1 Å². The van der Waals surface area contributed by atoms with Crippen molar-refractivity contribution in [3.05, 3.63) is 22.4 Å². The van der Waals surface area contributed by atoms with E-state index in [2.05, 4.69) is 23.0 Å². The lowest BCUT2D eigenvalue weighted by Gasteiger charge is -2.33. The number of hydrazine groups is 1. The Balaban J connectivity index is 1.61. The summed E-state index contributed by atoms with van der Waals surface area (Å²) in [5.74, 6) is -0.918. The van der Waals surface area contributed by atoms with E-state index in [4.69, 9.17) is 0 Å². The molecule has 8 nitrogen and oxygen atoms in total. The molecular weight excluding hydrogens is 356 g/mol. The van der Waals surface area contributed by atoms with Gasteiger partial charge in [-0.15, -0.1) is 11.3 Å². The molecule has 140 valence electrons. The maximum atomic E-state index is 12.7. The van der Waals surface area contributed by atoms with Crippen LogP contribution < -0.4 is 16.1 Å². The van der Waals surface area contributed by atoms with Crippen LogP contribution in [0.3, 0.4) is 0 Å². The minimum atomic E-state index is -0.916. The number of carbonyl (C=O) groups excluding carboxylic acids is 4. The lowest BCUT2D eigenvalue weighted by Crippen LogP contribution is -2.55. The lowest BCUT2D eigenvalue weighted by atomic mass is 9.77. The van der Waals surface area contributed by atoms with E-state index >= 15 is 0 Å². The van der Waals surface area contributed by atoms with Gasteiger partial charge in [0.05, 0.1) is 4.88 Å². The van der Waals surface area contributed by atoms with Gasteiger partial charge < -0.3 is 10.6 Å². The van der Waals surface area contributed by atoms with Gasteiger partial charge in [0.2, 0.25) is 0 Å². The van der Waals surface area contributed by atoms with Gasteiger partial charge in [0.25, 0.3) is 17.7 Å². The van der Waals surface area contributed by atoms with Gasteiger partial charge in [0.15, 0.2) is 0 Å². The summed E-state index contributed by atoms with van der Waals surface area (Å²) in [6.07, 6.45) is 2.83. The van der Waals surface area contributed by atoms with Crippen molar-refractivity contribution in [3.63, 3.8) is 0 Å². The summed E-state index contributed by atoms with van der Waals surface area (Å²) in [6, 6.07) is 1.86. The molecule has 9 heteroatoms. The molecule has 1 aromatic rings. The van der Waals surface area contributed by atoms with E-state index in [1.165, 1.54) is 18.3 Å². The molecule has 1 saturated heterocycles. The number of hydrogen-bond donors (Lipinski definition) is 3. The standard InChI is InChI=1S/C17H22N4O4S/c1-10-5-7-17(8-6-10)15(24)21(16(25)19-17)20-13(22)11(2)18-14(23)12-4-3-9-26-12/h3-4,9-11H,5-8H2,1-2H3,(H,18,23)(H,19,25)(H,20,22)/t10?,11-,17?/m1/s1. The highest BCUT2D eigenvalue weighted by Gasteiger charge is 2.53. The Labute approximate surface area is 155 Å². The summed E-state index contributed by atoms with van der Waals surface area (Å²) in [4.78, 5) is 49.7. The molecule has 1 atom stereocenters. The molecule has 1 aliphatic carbocycles. The molecule has 26 heavy (non-hydrogen) atoms. The number of nitrogens with zero attached hydrogens (tertiary/aromatic N) is 1. The number of thiophene rings is 1. The van der Waals surface area contributed by atoms with Gasteiger partial charge in [-0.05, 0) is 50.0 Å². The Hall–Kier alpha value is -2.42. The number of amides is 5. The molecule has 5 amide bonds. The van der Waals surface area contributed by atoms with Crippen LogP contribution in [-0.4, -0.2) is 40.3 Å². The topological polar surface area (TPSA) is 108 Å². The maximum Gasteiger partial charge on any atom is 0.344 e. The highest BCUT2D eigenvalue weighted by atomic mass is 32.1. The molecule has 2 heterocycles. The molecule has 1 spiro atoms. The van der Waals surface area contributed by atoms with Crippen LogP contribution in [0.15, 0.2) is 17.5 Å². The number of urea groups is 1. The molecule has 3 N–H and O–H groups in total. The zero-order chi connectivity index (χ0) is 18.9. The Bertz CT molecular complexity index is 725. The smallest absolute Gasteiger partial charge is 0.340 e. The first kappa shape index (κ1) is 18.4. The average molecular weight is 378 g/mol. The summed E-state index contributed by atoms with van der Waals surface area (Å²) in [5, 5.41) is 7.79. The van der Waals surface area contributed by atoms with E-state index in [-0.39, 0.29) is 5.91 Å². The Morgan fingerprint density at radius 2 is 2.04 bits per heavy atom. The van der Waals surface area contributed by atoms with Gasteiger partial charge in [0.1, 0.15) is 11.6 Å². The minimum absolute atomic E-state index is 0.377. The number of imide groups is 1. The van der Waals surface area contributed by atoms with Gasteiger partial charge in [-0.1, -0.05) is 13.0 Å². The van der Waals surface area contributed by atoms with E-state index in [0.29, 0.717) is 23.6 Å². The second kappa shape index (κ2) is 7.06. The molecule has 2 fully saturated rings. The summed E-state index contributed by atoms with van der Waals surface area (Å²) >= 11 is 1.26. The highest BCUT2D eigenvalue weighted by molar-refractivity contribution is 7.12. The van der Waals surface area contributed by atoms with Gasteiger partial charge >= 0.3 is 6.03 Å². The van der Waals surface area contributed by atoms with E-state index in [1.807, 2.05) is 0 Å². The monoisotopic (exact) mass is 378 g/mol. The maximum absolute atomic E-state index is 12.7. The van der Waals surface area contributed by atoms with Crippen molar-refractivity contribution in [1.29, 1.82) is 0 Å². The fourth-order valence-electron chi connectivity index (χ4n) is 3.26. The number of nitrogens with one attached hydrogen (secondary N) is 3. The number of carbonyl (C=O) groups is 4. The molecule has 0 unspecified atom stereocenters. The van der Waals surface area contributed by atoms with Crippen LogP contribution in [-0.2, 0) is 9.59 Å². The Morgan fingerprint density at radius 1 is 1.35 bits per heavy atom. The first-order valence-electron chi connectivity index (χ1n) is 8.64. The summed E-state index contributed by atoms with van der Waals surface area (Å²) in [6.45, 7) is 3.61. The number of rotatable bonds is 4. The first-order chi connectivity index (χ1) is 12.3. The fraction of sp³-hybridized carbons (Fsp3) is 0.529. The molecule has 2 aliphatic rings. The SMILES string of the molecule is CC1CCC2(CC1)NC(=O)N(NC(=O)[C@@H](C)NC(=O)c1cccs1)C2=O. The fourth-order valence-corrected chi connectivity index (χ4v) is 3.89. The largest absolute Gasteiger partial charge is 0.344 e. The van der Waals surface area contributed by atoms with Crippen molar-refractivity contribution in [3.8, 4) is 0 Å². The Morgan fingerprint density at radius 3 is 2.65 bits per heavy atom. The predicted molar refractivity (Wildman–Crippen MR) is 95.1 cm³/mol. The molecule has 1 aliphatic heterocycles. The van der Waals surface area contributed by atoms with Crippen LogP contribution in [0.1, 0.15) is 49.2 Å². The van der Waals surface area contributed by atoms with Crippen molar-refractivity contribution < 1.29 is 19.2 Å². The zero-order valence-electron chi connectivity index (χ0n) is 14.7. The summed E-state index contributed by atoms with van der Waals surface area (Å²) in [7, 11) is 0. The van der Waals surface area contributed by atoms with Crippen molar-refractivity contribution in [1.82, 2.24) is 21.1 Å². The van der Waals surface area contributed by atoms with Crippen molar-refractivity contribution in [2.24, 2.45) is 5.92 Å². The van der Waals surface area contributed by atoms with Crippen LogP contribution in [0.25, 0.3) is 0 Å². The van der Waals surface area contributed by atoms with E-state index in [0.717, 1.165) is 17.9 Å². The molecule has 1 aromatic heterocycles. The van der Waals surface area contributed by atoms with Crippen LogP contribution in [0.4, 0.5) is 4.79 Å². The third-order valence-electron chi connectivity index (χ3n) is 5.00. The van der Waals surface area contributed by atoms with E-state index < -0.39 is 29.4 Å². The lowest BCUT2D eigenvalue weighted by molar-refractivity contribution is -0.140. The van der Waals surface area contributed by atoms with Crippen LogP contribution in [0.2, 0.25) is 0 Å². The quantitative estimate of drug-likeness (QED) is 0.688. The third kappa shape index (κ3) is 3.44. The molecule has 0 bridgehead atoms. The van der Waals surface area contributed by atoms with Gasteiger partial charge in [-0.2, -0.15) is 5.01 Å². The zero-order valence-corrected chi connectivity index (χ0v) is 15.5. The normalized spacial score (nSPS) is 26.5. The third-order valence-corrected chi connectivity index (χ3v) is 5.87. The highest BCUT2D eigenvalue weighted by Crippen LogP contribution is 2.35. The van der Waals surface area contributed by atoms with E-state index in [1.54, 1.807) is 17.5 Å². The molecule has 0 radical (unpaired) electrons. The minimum Gasteiger partial charge on any atom is -0.340 e. The van der Waals surface area contributed by atoms with E-state index in [9.17, 15) is 19.2 Å². The second-order valence-electron chi connectivity index (χ2n) is 6.98. The first-order valence-corrected chi connectivity index (χ1v) is 9.52. The van der Waals surface area contributed by atoms with Gasteiger partial charge in [-0.3, -0.25) is 19.8 Å². The second-order valence-corrected chi connectivity index (χ2v) is 7.93. The molecule has 1 saturated carbocycles. The van der Waals surface area contributed by atoms with Crippen LogP contribution in [0.5, 0.6) is 0 Å². The summed E-state index contributed by atoms with van der Waals surface area (Å²) < 4.78 is 0. The van der Waals surface area contributed by atoms with Crippen LogP contribution >= 0.6 is 11.3 Å². The van der Waals surface area contributed by atoms with Gasteiger partial charge in [-0.25, -0.2) is 4.79 Å². The van der Waals surface area contributed by atoms with Crippen LogP contribution in [0, 0.1) is 5.92 Å². The van der Waals surface area contributed by atoms with Crippen molar-refractivity contribution in [2.75, 3.05) is 0 Å². The molecule has 3 rings (SSSR count). The Kier molecular flexibility index (Phi) is 4.99.